The zero-order chi connectivity index (χ0) is 14.1. The smallest absolute Gasteiger partial charge is 0.0587 e. The van der Waals surface area contributed by atoms with Crippen LogP contribution in [0.15, 0.2) is 30.3 Å². The van der Waals surface area contributed by atoms with Gasteiger partial charge in [-0.1, -0.05) is 43.2 Å². The summed E-state index contributed by atoms with van der Waals surface area (Å²) in [5.74, 6) is 0. The van der Waals surface area contributed by atoms with Crippen LogP contribution in [0.2, 0.25) is 0 Å². The molecule has 0 radical (unpaired) electrons. The molecule has 0 heterocycles. The summed E-state index contributed by atoms with van der Waals surface area (Å²) in [7, 11) is 1.76. The number of benzene rings is 1. The molecule has 0 bridgehead atoms. The molecule has 112 valence electrons. The fraction of sp³-hybridized carbons (Fsp3) is 0.667. The SMILES string of the molecule is COCCNCCC1(CCc2ccccc2)CCCC1. The minimum atomic E-state index is 0.593. The molecular weight excluding hydrogens is 246 g/mol. The van der Waals surface area contributed by atoms with Crippen molar-refractivity contribution in [2.75, 3.05) is 26.8 Å². The van der Waals surface area contributed by atoms with E-state index < -0.39 is 0 Å². The van der Waals surface area contributed by atoms with Crippen molar-refractivity contribution in [1.29, 1.82) is 0 Å². The van der Waals surface area contributed by atoms with Gasteiger partial charge in [0.1, 0.15) is 0 Å². The van der Waals surface area contributed by atoms with E-state index in [9.17, 15) is 0 Å². The van der Waals surface area contributed by atoms with Crippen LogP contribution < -0.4 is 5.32 Å². The van der Waals surface area contributed by atoms with Gasteiger partial charge in [0.25, 0.3) is 0 Å². The molecule has 1 N–H and O–H groups in total. The Morgan fingerprint density at radius 1 is 1.05 bits per heavy atom. The fourth-order valence-corrected chi connectivity index (χ4v) is 3.46. The van der Waals surface area contributed by atoms with E-state index in [0.717, 1.165) is 19.7 Å². The first-order valence-corrected chi connectivity index (χ1v) is 8.08. The summed E-state index contributed by atoms with van der Waals surface area (Å²) in [6, 6.07) is 10.9. The molecule has 1 aliphatic carbocycles. The summed E-state index contributed by atoms with van der Waals surface area (Å²) in [5.41, 5.74) is 2.08. The highest BCUT2D eigenvalue weighted by atomic mass is 16.5. The van der Waals surface area contributed by atoms with E-state index in [1.54, 1.807) is 7.11 Å². The molecule has 0 aromatic heterocycles. The number of nitrogens with one attached hydrogen (secondary N) is 1. The van der Waals surface area contributed by atoms with Crippen LogP contribution in [0.4, 0.5) is 0 Å². The maximum absolute atomic E-state index is 5.08. The lowest BCUT2D eigenvalue weighted by Gasteiger charge is -2.29. The van der Waals surface area contributed by atoms with E-state index in [2.05, 4.69) is 35.6 Å². The first kappa shape index (κ1) is 15.5. The van der Waals surface area contributed by atoms with Gasteiger partial charge in [0.05, 0.1) is 6.61 Å². The lowest BCUT2D eigenvalue weighted by atomic mass is 9.77. The number of aryl methyl sites for hydroxylation is 1. The first-order valence-electron chi connectivity index (χ1n) is 8.08. The van der Waals surface area contributed by atoms with E-state index >= 15 is 0 Å². The standard InChI is InChI=1S/C18H29NO/c1-20-16-15-19-14-13-18(10-5-6-11-18)12-9-17-7-3-2-4-8-17/h2-4,7-8,19H,5-6,9-16H2,1H3. The van der Waals surface area contributed by atoms with Crippen molar-refractivity contribution in [3.05, 3.63) is 35.9 Å². The van der Waals surface area contributed by atoms with Gasteiger partial charge in [-0.25, -0.2) is 0 Å². The Kier molecular flexibility index (Phi) is 6.55. The largest absolute Gasteiger partial charge is 0.383 e. The van der Waals surface area contributed by atoms with Crippen molar-refractivity contribution in [1.82, 2.24) is 5.32 Å². The molecule has 0 saturated heterocycles. The predicted octanol–water partition coefficient (Wildman–Crippen LogP) is 3.81. The van der Waals surface area contributed by atoms with Gasteiger partial charge in [0.15, 0.2) is 0 Å². The molecule has 0 unspecified atom stereocenters. The van der Waals surface area contributed by atoms with Crippen molar-refractivity contribution in [2.24, 2.45) is 5.41 Å². The fourth-order valence-electron chi connectivity index (χ4n) is 3.46. The zero-order valence-corrected chi connectivity index (χ0v) is 12.9. The Labute approximate surface area is 123 Å². The zero-order valence-electron chi connectivity index (χ0n) is 12.9. The lowest BCUT2D eigenvalue weighted by Crippen LogP contribution is -2.27. The minimum absolute atomic E-state index is 0.593. The van der Waals surface area contributed by atoms with Gasteiger partial charge in [-0.05, 0) is 49.6 Å². The third-order valence-electron chi connectivity index (χ3n) is 4.77. The Morgan fingerprint density at radius 2 is 1.80 bits per heavy atom. The van der Waals surface area contributed by atoms with Crippen LogP contribution in [0.3, 0.4) is 0 Å². The molecule has 1 saturated carbocycles. The van der Waals surface area contributed by atoms with Crippen LogP contribution in [-0.2, 0) is 11.2 Å². The molecule has 2 rings (SSSR count). The van der Waals surface area contributed by atoms with Crippen molar-refractivity contribution < 1.29 is 4.74 Å². The molecule has 0 atom stereocenters. The van der Waals surface area contributed by atoms with E-state index in [1.165, 1.54) is 50.5 Å². The summed E-state index contributed by atoms with van der Waals surface area (Å²) in [5, 5.41) is 3.51. The van der Waals surface area contributed by atoms with Crippen molar-refractivity contribution in [3.8, 4) is 0 Å². The third kappa shape index (κ3) is 4.92. The molecule has 1 fully saturated rings. The van der Waals surface area contributed by atoms with E-state index in [1.807, 2.05) is 0 Å². The third-order valence-corrected chi connectivity index (χ3v) is 4.77. The molecule has 2 nitrogen and oxygen atoms in total. The van der Waals surface area contributed by atoms with Gasteiger partial charge in [-0.2, -0.15) is 0 Å². The number of ether oxygens (including phenoxy) is 1. The van der Waals surface area contributed by atoms with Crippen molar-refractivity contribution in [3.63, 3.8) is 0 Å². The van der Waals surface area contributed by atoms with E-state index in [0.29, 0.717) is 5.41 Å². The molecule has 1 aliphatic rings. The molecule has 20 heavy (non-hydrogen) atoms. The second kappa shape index (κ2) is 8.43. The summed E-state index contributed by atoms with van der Waals surface area (Å²) in [6.45, 7) is 2.93. The Morgan fingerprint density at radius 3 is 2.50 bits per heavy atom. The monoisotopic (exact) mass is 275 g/mol. The molecule has 0 aliphatic heterocycles. The summed E-state index contributed by atoms with van der Waals surface area (Å²) >= 11 is 0. The van der Waals surface area contributed by atoms with Gasteiger partial charge < -0.3 is 10.1 Å². The molecular formula is C18H29NO. The predicted molar refractivity (Wildman–Crippen MR) is 85.0 cm³/mol. The van der Waals surface area contributed by atoms with Gasteiger partial charge in [0.2, 0.25) is 0 Å². The van der Waals surface area contributed by atoms with Crippen molar-refractivity contribution in [2.45, 2.75) is 44.9 Å². The van der Waals surface area contributed by atoms with Gasteiger partial charge >= 0.3 is 0 Å². The second-order valence-electron chi connectivity index (χ2n) is 6.19. The Balaban J connectivity index is 1.76. The van der Waals surface area contributed by atoms with E-state index in [-0.39, 0.29) is 0 Å². The highest BCUT2D eigenvalue weighted by Gasteiger charge is 2.32. The molecule has 2 heteroatoms. The topological polar surface area (TPSA) is 21.3 Å². The summed E-state index contributed by atoms with van der Waals surface area (Å²) < 4.78 is 5.08. The summed E-state index contributed by atoms with van der Waals surface area (Å²) in [6.07, 6.45) is 9.60. The number of rotatable bonds is 9. The number of hydrogen-bond acceptors (Lipinski definition) is 2. The van der Waals surface area contributed by atoms with Crippen LogP contribution in [0.5, 0.6) is 0 Å². The second-order valence-corrected chi connectivity index (χ2v) is 6.19. The summed E-state index contributed by atoms with van der Waals surface area (Å²) in [4.78, 5) is 0. The number of hydrogen-bond donors (Lipinski definition) is 1. The first-order chi connectivity index (χ1) is 9.85. The van der Waals surface area contributed by atoms with Crippen LogP contribution in [0.1, 0.15) is 44.1 Å². The highest BCUT2D eigenvalue weighted by Crippen LogP contribution is 2.44. The molecule has 1 aromatic carbocycles. The Hall–Kier alpha value is -0.860. The number of methoxy groups -OCH3 is 1. The lowest BCUT2D eigenvalue weighted by molar-refractivity contribution is 0.193. The Bertz CT molecular complexity index is 357. The van der Waals surface area contributed by atoms with Crippen LogP contribution >= 0.6 is 0 Å². The average molecular weight is 275 g/mol. The van der Waals surface area contributed by atoms with Gasteiger partial charge in [-0.15, -0.1) is 0 Å². The van der Waals surface area contributed by atoms with Crippen LogP contribution in [-0.4, -0.2) is 26.8 Å². The maximum atomic E-state index is 5.08. The van der Waals surface area contributed by atoms with Crippen molar-refractivity contribution >= 4 is 0 Å². The molecule has 1 aromatic rings. The quantitative estimate of drug-likeness (QED) is 0.692. The average Bonchev–Trinajstić information content (AvgIpc) is 2.95. The van der Waals surface area contributed by atoms with Gasteiger partial charge in [-0.3, -0.25) is 0 Å². The van der Waals surface area contributed by atoms with Gasteiger partial charge in [0, 0.05) is 13.7 Å². The molecule has 0 amide bonds. The maximum Gasteiger partial charge on any atom is 0.0587 e. The highest BCUT2D eigenvalue weighted by molar-refractivity contribution is 5.15. The van der Waals surface area contributed by atoms with E-state index in [4.69, 9.17) is 4.74 Å². The minimum Gasteiger partial charge on any atom is -0.383 e. The normalized spacial score (nSPS) is 17.4. The molecule has 0 spiro atoms. The van der Waals surface area contributed by atoms with Crippen LogP contribution in [0.25, 0.3) is 0 Å². The van der Waals surface area contributed by atoms with Crippen LogP contribution in [0, 0.1) is 5.41 Å².